The van der Waals surface area contributed by atoms with Crippen LogP contribution in [0.25, 0.3) is 0 Å². The lowest BCUT2D eigenvalue weighted by molar-refractivity contribution is -0.121. The van der Waals surface area contributed by atoms with Crippen LogP contribution in [0.15, 0.2) is 0 Å². The Balaban J connectivity index is 2.04. The summed E-state index contributed by atoms with van der Waals surface area (Å²) >= 11 is 0. The number of benzene rings is 1. The molecule has 6 nitrogen and oxygen atoms in total. The lowest BCUT2D eigenvalue weighted by Gasteiger charge is -2.35. The lowest BCUT2D eigenvalue weighted by Crippen LogP contribution is -2.51. The van der Waals surface area contributed by atoms with Crippen LogP contribution in [0.3, 0.4) is 0 Å². The van der Waals surface area contributed by atoms with Crippen LogP contribution in [0.5, 0.6) is 0 Å². The second-order valence-corrected chi connectivity index (χ2v) is 5.31. The molecule has 0 unspecified atom stereocenters. The Bertz CT molecular complexity index is 663. The van der Waals surface area contributed by atoms with E-state index in [1.807, 2.05) is 0 Å². The molecule has 11 heteroatoms. The first-order valence-electron chi connectivity index (χ1n) is 7.26. The molecule has 0 spiro atoms. The van der Waals surface area contributed by atoms with Crippen LogP contribution in [-0.4, -0.2) is 56.6 Å². The van der Waals surface area contributed by atoms with Gasteiger partial charge in [0.1, 0.15) is 5.69 Å². The number of imide groups is 1. The van der Waals surface area contributed by atoms with Gasteiger partial charge in [0.2, 0.25) is 11.7 Å². The summed E-state index contributed by atoms with van der Waals surface area (Å²) in [5, 5.41) is 4.26. The monoisotopic (exact) mass is 366 g/mol. The normalized spacial score (nSPS) is 15.2. The number of hydrogen-bond acceptors (Lipinski definition) is 4. The highest BCUT2D eigenvalue weighted by molar-refractivity contribution is 5.95. The van der Waals surface area contributed by atoms with E-state index >= 15 is 0 Å². The molecule has 1 aromatic carbocycles. The van der Waals surface area contributed by atoms with Gasteiger partial charge in [0.15, 0.2) is 23.3 Å². The smallest absolute Gasteiger partial charge is 0.321 e. The van der Waals surface area contributed by atoms with Gasteiger partial charge in [-0.1, -0.05) is 0 Å². The van der Waals surface area contributed by atoms with Gasteiger partial charge in [-0.25, -0.2) is 26.7 Å². The largest absolute Gasteiger partial charge is 0.364 e. The van der Waals surface area contributed by atoms with E-state index in [0.29, 0.717) is 0 Å². The van der Waals surface area contributed by atoms with Crippen molar-refractivity contribution in [1.82, 2.24) is 15.5 Å². The molecule has 1 aliphatic rings. The molecule has 1 aromatic rings. The van der Waals surface area contributed by atoms with Gasteiger partial charge in [-0.3, -0.25) is 15.0 Å². The number of nitrogens with zero attached hydrogens (tertiary/aromatic N) is 2. The number of urea groups is 1. The summed E-state index contributed by atoms with van der Waals surface area (Å²) < 4.78 is 67.2. The zero-order chi connectivity index (χ0) is 18.7. The summed E-state index contributed by atoms with van der Waals surface area (Å²) in [5.41, 5.74) is -0.981. The molecule has 3 amide bonds. The number of rotatable bonds is 3. The number of carbonyl (C=O) groups excluding carboxylic acids is 2. The van der Waals surface area contributed by atoms with Gasteiger partial charge in [-0.15, -0.1) is 0 Å². The van der Waals surface area contributed by atoms with E-state index in [0.717, 1.165) is 4.90 Å². The minimum atomic E-state index is -2.21. The minimum absolute atomic E-state index is 0.0500. The first-order valence-corrected chi connectivity index (χ1v) is 7.26. The molecule has 2 rings (SSSR count). The summed E-state index contributed by atoms with van der Waals surface area (Å²) in [7, 11) is 1.34. The number of amides is 3. The van der Waals surface area contributed by atoms with E-state index in [1.165, 1.54) is 7.05 Å². The van der Waals surface area contributed by atoms with Gasteiger partial charge in [0, 0.05) is 33.2 Å². The van der Waals surface area contributed by atoms with Crippen LogP contribution in [0.1, 0.15) is 0 Å². The van der Waals surface area contributed by atoms with Crippen molar-refractivity contribution in [1.29, 1.82) is 0 Å². The Morgan fingerprint density at radius 2 is 1.36 bits per heavy atom. The SMILES string of the molecule is CNC(=O)NC(=O)CN1CCN(c2c(F)c(F)c(F)c(F)c2F)CC1. The van der Waals surface area contributed by atoms with E-state index < -0.39 is 46.7 Å². The van der Waals surface area contributed by atoms with Gasteiger partial charge < -0.3 is 10.2 Å². The van der Waals surface area contributed by atoms with Crippen LogP contribution >= 0.6 is 0 Å². The van der Waals surface area contributed by atoms with Gasteiger partial charge in [0.05, 0.1) is 6.54 Å². The number of nitrogens with one attached hydrogen (secondary N) is 2. The van der Waals surface area contributed by atoms with Gasteiger partial charge in [0.25, 0.3) is 0 Å². The standard InChI is InChI=1S/C14H15F5N4O2/c1-20-14(25)21-7(24)6-22-2-4-23(5-3-22)13-11(18)9(16)8(15)10(17)12(13)19/h2-6H2,1H3,(H2,20,21,24,25). The Labute approximate surface area is 139 Å². The van der Waals surface area contributed by atoms with Crippen molar-refractivity contribution >= 4 is 17.6 Å². The van der Waals surface area contributed by atoms with Crippen LogP contribution in [0.2, 0.25) is 0 Å². The summed E-state index contributed by atoms with van der Waals surface area (Å²) in [6, 6.07) is -0.676. The van der Waals surface area contributed by atoms with Crippen molar-refractivity contribution in [3.05, 3.63) is 29.1 Å². The van der Waals surface area contributed by atoms with E-state index in [-0.39, 0.29) is 32.7 Å². The van der Waals surface area contributed by atoms with E-state index in [2.05, 4.69) is 10.6 Å². The van der Waals surface area contributed by atoms with Crippen molar-refractivity contribution in [2.24, 2.45) is 0 Å². The second-order valence-electron chi connectivity index (χ2n) is 5.31. The third-order valence-electron chi connectivity index (χ3n) is 3.72. The molecule has 1 saturated heterocycles. The maximum Gasteiger partial charge on any atom is 0.321 e. The Hall–Kier alpha value is -2.43. The van der Waals surface area contributed by atoms with Crippen molar-refractivity contribution in [2.45, 2.75) is 0 Å². The number of carbonyl (C=O) groups is 2. The topological polar surface area (TPSA) is 64.7 Å². The second kappa shape index (κ2) is 7.64. The van der Waals surface area contributed by atoms with Crippen molar-refractivity contribution in [2.75, 3.05) is 44.7 Å². The third-order valence-corrected chi connectivity index (χ3v) is 3.72. The highest BCUT2D eigenvalue weighted by atomic mass is 19.2. The molecule has 0 saturated carbocycles. The fourth-order valence-corrected chi connectivity index (χ4v) is 2.43. The van der Waals surface area contributed by atoms with Crippen LogP contribution < -0.4 is 15.5 Å². The molecule has 1 aliphatic heterocycles. The number of anilines is 1. The molecule has 25 heavy (non-hydrogen) atoms. The molecule has 0 bridgehead atoms. The molecule has 2 N–H and O–H groups in total. The van der Waals surface area contributed by atoms with Crippen molar-refractivity contribution < 1.29 is 31.5 Å². The molecule has 0 aromatic heterocycles. The fourth-order valence-electron chi connectivity index (χ4n) is 2.43. The molecule has 1 fully saturated rings. The Kier molecular flexibility index (Phi) is 5.77. The van der Waals surface area contributed by atoms with Gasteiger partial charge >= 0.3 is 6.03 Å². The zero-order valence-electron chi connectivity index (χ0n) is 13.1. The van der Waals surface area contributed by atoms with Gasteiger partial charge in [-0.05, 0) is 0 Å². The first kappa shape index (κ1) is 18.9. The van der Waals surface area contributed by atoms with Crippen LogP contribution in [0.4, 0.5) is 32.4 Å². The molecule has 138 valence electrons. The quantitative estimate of drug-likeness (QED) is 0.475. The molecule has 1 heterocycles. The average Bonchev–Trinajstić information content (AvgIpc) is 2.59. The summed E-state index contributed by atoms with van der Waals surface area (Å²) in [6.45, 7) is 0.0386. The predicted octanol–water partition coefficient (Wildman–Crippen LogP) is 0.960. The maximum atomic E-state index is 13.8. The Morgan fingerprint density at radius 3 is 1.84 bits per heavy atom. The minimum Gasteiger partial charge on any atom is -0.364 e. The number of piperazine rings is 1. The summed E-state index contributed by atoms with van der Waals surface area (Å²) in [5.74, 6) is -10.6. The number of halogens is 5. The maximum absolute atomic E-state index is 13.8. The molecular formula is C14H15F5N4O2. The highest BCUT2D eigenvalue weighted by Gasteiger charge is 2.31. The Morgan fingerprint density at radius 1 is 0.880 bits per heavy atom. The first-order chi connectivity index (χ1) is 11.8. The van der Waals surface area contributed by atoms with Gasteiger partial charge in [-0.2, -0.15) is 0 Å². The lowest BCUT2D eigenvalue weighted by atomic mass is 10.2. The molecule has 0 radical (unpaired) electrons. The van der Waals surface area contributed by atoms with E-state index in [1.54, 1.807) is 4.90 Å². The average molecular weight is 366 g/mol. The fraction of sp³-hybridized carbons (Fsp3) is 0.429. The summed E-state index contributed by atoms with van der Waals surface area (Å²) in [4.78, 5) is 25.2. The van der Waals surface area contributed by atoms with E-state index in [9.17, 15) is 31.5 Å². The molecule has 0 aliphatic carbocycles. The molecule has 0 atom stereocenters. The van der Waals surface area contributed by atoms with Crippen LogP contribution in [0, 0.1) is 29.1 Å². The third kappa shape index (κ3) is 3.98. The highest BCUT2D eigenvalue weighted by Crippen LogP contribution is 2.30. The van der Waals surface area contributed by atoms with E-state index in [4.69, 9.17) is 0 Å². The van der Waals surface area contributed by atoms with Crippen molar-refractivity contribution in [3.63, 3.8) is 0 Å². The van der Waals surface area contributed by atoms with Crippen LogP contribution in [-0.2, 0) is 4.79 Å². The van der Waals surface area contributed by atoms with Crippen molar-refractivity contribution in [3.8, 4) is 0 Å². The summed E-state index contributed by atoms with van der Waals surface area (Å²) in [6.07, 6.45) is 0. The number of hydrogen-bond donors (Lipinski definition) is 2. The molecular weight excluding hydrogens is 351 g/mol. The predicted molar refractivity (Wildman–Crippen MR) is 77.5 cm³/mol. The zero-order valence-corrected chi connectivity index (χ0v) is 13.1.